The number of hydrogen-bond donors (Lipinski definition) is 1. The molecule has 0 amide bonds. The van der Waals surface area contributed by atoms with Crippen molar-refractivity contribution in [2.75, 3.05) is 5.75 Å². The molecule has 2 heteroatoms. The molecule has 17 heavy (non-hydrogen) atoms. The van der Waals surface area contributed by atoms with Crippen molar-refractivity contribution in [1.29, 1.82) is 0 Å². The minimum atomic E-state index is 0.683. The smallest absolute Gasteiger partial charge is 0.113 e. The van der Waals surface area contributed by atoms with Gasteiger partial charge in [-0.15, -0.1) is 0 Å². The summed E-state index contributed by atoms with van der Waals surface area (Å²) in [4.78, 5) is 0. The number of hydrogen-bond acceptors (Lipinski definition) is 1. The quantitative estimate of drug-likeness (QED) is 0.553. The molecule has 0 saturated carbocycles. The van der Waals surface area contributed by atoms with Crippen LogP contribution in [0.1, 0.15) is 44.2 Å². The molecule has 2 radical (unpaired) electrons. The van der Waals surface area contributed by atoms with E-state index in [0.29, 0.717) is 5.92 Å². The zero-order valence-corrected chi connectivity index (χ0v) is 12.0. The zero-order chi connectivity index (χ0) is 12.7. The van der Waals surface area contributed by atoms with Crippen LogP contribution < -0.4 is 5.46 Å². The number of rotatable bonds is 7. The van der Waals surface area contributed by atoms with Crippen LogP contribution in [0.15, 0.2) is 18.2 Å². The summed E-state index contributed by atoms with van der Waals surface area (Å²) in [6.07, 6.45) is 5.96. The van der Waals surface area contributed by atoms with Crippen molar-refractivity contribution in [2.24, 2.45) is 5.92 Å². The lowest BCUT2D eigenvalue weighted by Gasteiger charge is -2.16. The maximum Gasteiger partial charge on any atom is 0.113 e. The van der Waals surface area contributed by atoms with Crippen molar-refractivity contribution < 1.29 is 0 Å². The lowest BCUT2D eigenvalue weighted by molar-refractivity contribution is 0.568. The maximum absolute atomic E-state index is 5.88. The van der Waals surface area contributed by atoms with E-state index in [4.69, 9.17) is 7.85 Å². The standard InChI is InChI=1S/C15H23BS/c1-3-5-6-13-10-15(16)8-7-14(13)9-12(4-2)11-17/h7-8,10,12,17H,3-6,9,11H2,1-2H3. The van der Waals surface area contributed by atoms with Crippen LogP contribution in [0.5, 0.6) is 0 Å². The fourth-order valence-corrected chi connectivity index (χ4v) is 2.48. The molecule has 92 valence electrons. The molecule has 0 aliphatic heterocycles. The number of thiol groups is 1. The van der Waals surface area contributed by atoms with Crippen molar-refractivity contribution >= 4 is 25.9 Å². The Morgan fingerprint density at radius 1 is 1.24 bits per heavy atom. The first-order valence-corrected chi connectivity index (χ1v) is 7.32. The van der Waals surface area contributed by atoms with Crippen LogP contribution in [-0.4, -0.2) is 13.6 Å². The molecule has 1 atom stereocenters. The van der Waals surface area contributed by atoms with E-state index in [1.165, 1.54) is 30.4 Å². The van der Waals surface area contributed by atoms with E-state index < -0.39 is 0 Å². The van der Waals surface area contributed by atoms with Crippen LogP contribution in [0.2, 0.25) is 0 Å². The summed E-state index contributed by atoms with van der Waals surface area (Å²) in [5.74, 6) is 1.65. The second kappa shape index (κ2) is 7.86. The molecule has 0 aliphatic rings. The van der Waals surface area contributed by atoms with E-state index in [0.717, 1.165) is 24.1 Å². The van der Waals surface area contributed by atoms with Crippen LogP contribution in [0.4, 0.5) is 0 Å². The number of benzene rings is 1. The van der Waals surface area contributed by atoms with Crippen molar-refractivity contribution in [2.45, 2.75) is 46.0 Å². The molecule has 0 spiro atoms. The largest absolute Gasteiger partial charge is 0.179 e. The molecule has 0 aliphatic carbocycles. The van der Waals surface area contributed by atoms with Crippen molar-refractivity contribution in [3.05, 3.63) is 29.3 Å². The van der Waals surface area contributed by atoms with Crippen molar-refractivity contribution in [3.8, 4) is 0 Å². The van der Waals surface area contributed by atoms with Gasteiger partial charge in [-0.05, 0) is 42.1 Å². The SMILES string of the molecule is [B]c1ccc(CC(CC)CS)c(CCCC)c1. The Bertz CT molecular complexity index is 332. The Morgan fingerprint density at radius 2 is 2.00 bits per heavy atom. The molecule has 0 N–H and O–H groups in total. The average molecular weight is 246 g/mol. The van der Waals surface area contributed by atoms with Crippen molar-refractivity contribution in [1.82, 2.24) is 0 Å². The van der Waals surface area contributed by atoms with Gasteiger partial charge in [0.2, 0.25) is 0 Å². The summed E-state index contributed by atoms with van der Waals surface area (Å²) in [7, 11) is 5.88. The van der Waals surface area contributed by atoms with Crippen LogP contribution >= 0.6 is 12.6 Å². The van der Waals surface area contributed by atoms with Gasteiger partial charge >= 0.3 is 0 Å². The van der Waals surface area contributed by atoms with Crippen molar-refractivity contribution in [3.63, 3.8) is 0 Å². The van der Waals surface area contributed by atoms with Gasteiger partial charge in [-0.1, -0.05) is 50.4 Å². The van der Waals surface area contributed by atoms with E-state index in [9.17, 15) is 0 Å². The molecule has 0 bridgehead atoms. The Hall–Kier alpha value is -0.365. The molecule has 0 saturated heterocycles. The average Bonchev–Trinajstić information content (AvgIpc) is 2.35. The normalized spacial score (nSPS) is 12.6. The van der Waals surface area contributed by atoms with E-state index >= 15 is 0 Å². The molecule has 1 unspecified atom stereocenters. The summed E-state index contributed by atoms with van der Waals surface area (Å²) in [5, 5.41) is 0. The molecule has 0 heterocycles. The van der Waals surface area contributed by atoms with Gasteiger partial charge in [0.05, 0.1) is 0 Å². The highest BCUT2D eigenvalue weighted by Crippen LogP contribution is 2.18. The third kappa shape index (κ3) is 4.79. The second-order valence-corrected chi connectivity index (χ2v) is 5.16. The first kappa shape index (κ1) is 14.7. The minimum absolute atomic E-state index is 0.683. The topological polar surface area (TPSA) is 0 Å². The molecule has 0 fully saturated rings. The third-order valence-electron chi connectivity index (χ3n) is 3.37. The zero-order valence-electron chi connectivity index (χ0n) is 11.1. The Morgan fingerprint density at radius 3 is 2.59 bits per heavy atom. The highest BCUT2D eigenvalue weighted by Gasteiger charge is 2.09. The molecular formula is C15H23BS. The second-order valence-electron chi connectivity index (χ2n) is 4.79. The highest BCUT2D eigenvalue weighted by molar-refractivity contribution is 7.80. The van der Waals surface area contributed by atoms with Gasteiger partial charge in [-0.3, -0.25) is 0 Å². The van der Waals surface area contributed by atoms with Gasteiger partial charge in [0.1, 0.15) is 7.85 Å². The fourth-order valence-electron chi connectivity index (χ4n) is 2.09. The van der Waals surface area contributed by atoms with Gasteiger partial charge in [0.15, 0.2) is 0 Å². The van der Waals surface area contributed by atoms with Crippen LogP contribution in [-0.2, 0) is 12.8 Å². The van der Waals surface area contributed by atoms with Gasteiger partial charge in [-0.25, -0.2) is 0 Å². The Balaban J connectivity index is 2.81. The van der Waals surface area contributed by atoms with Gasteiger partial charge < -0.3 is 0 Å². The van der Waals surface area contributed by atoms with E-state index in [-0.39, 0.29) is 0 Å². The fraction of sp³-hybridized carbons (Fsp3) is 0.600. The van der Waals surface area contributed by atoms with E-state index in [1.807, 2.05) is 6.07 Å². The van der Waals surface area contributed by atoms with Gasteiger partial charge in [-0.2, -0.15) is 12.6 Å². The van der Waals surface area contributed by atoms with E-state index in [2.05, 4.69) is 38.6 Å². The molecule has 0 nitrogen and oxygen atoms in total. The van der Waals surface area contributed by atoms with Crippen LogP contribution in [0, 0.1) is 5.92 Å². The monoisotopic (exact) mass is 246 g/mol. The molecule has 1 rings (SSSR count). The summed E-state index contributed by atoms with van der Waals surface area (Å²) in [6, 6.07) is 6.37. The van der Waals surface area contributed by atoms with Gasteiger partial charge in [0, 0.05) is 0 Å². The van der Waals surface area contributed by atoms with Crippen LogP contribution in [0.25, 0.3) is 0 Å². The first-order chi connectivity index (χ1) is 8.21. The summed E-state index contributed by atoms with van der Waals surface area (Å²) in [5.41, 5.74) is 3.79. The molecule has 1 aromatic carbocycles. The predicted octanol–water partition coefficient (Wildman–Crippen LogP) is 3.32. The number of aryl methyl sites for hydroxylation is 1. The van der Waals surface area contributed by atoms with Gasteiger partial charge in [0.25, 0.3) is 0 Å². The maximum atomic E-state index is 5.88. The predicted molar refractivity (Wildman–Crippen MR) is 81.8 cm³/mol. The lowest BCUT2D eigenvalue weighted by Crippen LogP contribution is -2.11. The van der Waals surface area contributed by atoms with Crippen LogP contribution in [0.3, 0.4) is 0 Å². The Labute approximate surface area is 113 Å². The summed E-state index contributed by atoms with van der Waals surface area (Å²) >= 11 is 4.43. The minimum Gasteiger partial charge on any atom is -0.179 e. The van der Waals surface area contributed by atoms with E-state index in [1.54, 1.807) is 0 Å². The lowest BCUT2D eigenvalue weighted by atomic mass is 9.87. The number of unbranched alkanes of at least 4 members (excludes halogenated alkanes) is 1. The molecule has 1 aromatic rings. The first-order valence-electron chi connectivity index (χ1n) is 6.69. The third-order valence-corrected chi connectivity index (χ3v) is 3.89. The summed E-state index contributed by atoms with van der Waals surface area (Å²) < 4.78 is 0. The molecule has 0 aromatic heterocycles. The Kier molecular flexibility index (Phi) is 6.80. The summed E-state index contributed by atoms with van der Waals surface area (Å²) in [6.45, 7) is 4.47. The highest BCUT2D eigenvalue weighted by atomic mass is 32.1. The molecular weight excluding hydrogens is 223 g/mol.